The summed E-state index contributed by atoms with van der Waals surface area (Å²) in [5.74, 6) is 1.05. The Bertz CT molecular complexity index is 1150. The van der Waals surface area contributed by atoms with Crippen LogP contribution in [0.25, 0.3) is 33.7 Å². The standard InChI is InChI=1S/C22H24N6O/c1-14(2)28-19-17(13-24-28)16(12-18(25-19)15-8-4-3-5-9-15)20-26-21(27-29-20)22(23)10-6-7-11-22/h3-5,8-9,12-14H,6-7,10-11,23H2,1-2H3. The molecule has 7 nitrogen and oxygen atoms in total. The summed E-state index contributed by atoms with van der Waals surface area (Å²) in [5.41, 5.74) is 9.56. The van der Waals surface area contributed by atoms with Crippen LogP contribution >= 0.6 is 0 Å². The molecule has 0 aliphatic heterocycles. The number of aromatic nitrogens is 5. The predicted octanol–water partition coefficient (Wildman–Crippen LogP) is 4.46. The highest BCUT2D eigenvalue weighted by Gasteiger charge is 2.36. The van der Waals surface area contributed by atoms with E-state index in [0.717, 1.165) is 53.5 Å². The van der Waals surface area contributed by atoms with E-state index < -0.39 is 5.54 Å². The van der Waals surface area contributed by atoms with Crippen LogP contribution < -0.4 is 5.73 Å². The summed E-state index contributed by atoms with van der Waals surface area (Å²) in [7, 11) is 0. The van der Waals surface area contributed by atoms with Gasteiger partial charge in [-0.2, -0.15) is 10.1 Å². The molecule has 0 atom stereocenters. The summed E-state index contributed by atoms with van der Waals surface area (Å²) in [6, 6.07) is 12.3. The van der Waals surface area contributed by atoms with E-state index >= 15 is 0 Å². The van der Waals surface area contributed by atoms with E-state index in [9.17, 15) is 0 Å². The maximum absolute atomic E-state index is 6.54. The van der Waals surface area contributed by atoms with Gasteiger partial charge in [-0.05, 0) is 32.8 Å². The van der Waals surface area contributed by atoms with Gasteiger partial charge in [-0.3, -0.25) is 0 Å². The fourth-order valence-electron chi connectivity index (χ4n) is 4.09. The van der Waals surface area contributed by atoms with Crippen LogP contribution in [-0.2, 0) is 5.54 Å². The van der Waals surface area contributed by atoms with Crippen LogP contribution in [-0.4, -0.2) is 24.9 Å². The molecule has 1 aliphatic carbocycles. The molecule has 1 aliphatic rings. The number of pyridine rings is 1. The number of rotatable bonds is 4. The second kappa shape index (κ2) is 6.77. The molecule has 0 saturated heterocycles. The van der Waals surface area contributed by atoms with Gasteiger partial charge in [-0.15, -0.1) is 0 Å². The van der Waals surface area contributed by atoms with Crippen molar-refractivity contribution in [2.45, 2.75) is 51.1 Å². The van der Waals surface area contributed by atoms with Crippen LogP contribution in [0.15, 0.2) is 47.1 Å². The fourth-order valence-corrected chi connectivity index (χ4v) is 4.09. The lowest BCUT2D eigenvalue weighted by atomic mass is 9.98. The van der Waals surface area contributed by atoms with Crippen molar-refractivity contribution in [1.29, 1.82) is 0 Å². The zero-order chi connectivity index (χ0) is 20.0. The molecule has 0 bridgehead atoms. The Kier molecular flexibility index (Phi) is 4.20. The van der Waals surface area contributed by atoms with Gasteiger partial charge in [-0.1, -0.05) is 48.3 Å². The normalized spacial score (nSPS) is 16.1. The molecule has 1 aromatic carbocycles. The Labute approximate surface area is 168 Å². The van der Waals surface area contributed by atoms with Gasteiger partial charge in [0.05, 0.1) is 28.4 Å². The maximum Gasteiger partial charge on any atom is 0.258 e. The molecule has 1 saturated carbocycles. The molecule has 2 N–H and O–H groups in total. The van der Waals surface area contributed by atoms with Crippen molar-refractivity contribution in [2.24, 2.45) is 5.73 Å². The smallest absolute Gasteiger partial charge is 0.258 e. The van der Waals surface area contributed by atoms with E-state index in [1.54, 1.807) is 0 Å². The Morgan fingerprint density at radius 1 is 1.10 bits per heavy atom. The summed E-state index contributed by atoms with van der Waals surface area (Å²) in [6.07, 6.45) is 5.79. The second-order valence-corrected chi connectivity index (χ2v) is 8.13. The zero-order valence-corrected chi connectivity index (χ0v) is 16.7. The molecule has 0 amide bonds. The van der Waals surface area contributed by atoms with Crippen molar-refractivity contribution in [1.82, 2.24) is 24.9 Å². The largest absolute Gasteiger partial charge is 0.334 e. The number of nitrogens with zero attached hydrogens (tertiary/aromatic N) is 5. The SMILES string of the molecule is CC(C)n1ncc2c(-c3nc(C4(N)CCCC4)no3)cc(-c3ccccc3)nc21. The predicted molar refractivity (Wildman–Crippen MR) is 111 cm³/mol. The van der Waals surface area contributed by atoms with Crippen LogP contribution in [0.5, 0.6) is 0 Å². The Hall–Kier alpha value is -3.06. The van der Waals surface area contributed by atoms with Gasteiger partial charge in [0, 0.05) is 11.6 Å². The van der Waals surface area contributed by atoms with E-state index in [0.29, 0.717) is 11.7 Å². The van der Waals surface area contributed by atoms with E-state index in [1.807, 2.05) is 47.3 Å². The number of fused-ring (bicyclic) bond motifs is 1. The third kappa shape index (κ3) is 3.02. The summed E-state index contributed by atoms with van der Waals surface area (Å²) in [6.45, 7) is 4.18. The molecule has 148 valence electrons. The van der Waals surface area contributed by atoms with Crippen molar-refractivity contribution in [2.75, 3.05) is 0 Å². The lowest BCUT2D eigenvalue weighted by molar-refractivity contribution is 0.373. The third-order valence-electron chi connectivity index (χ3n) is 5.72. The van der Waals surface area contributed by atoms with Crippen molar-refractivity contribution >= 4 is 11.0 Å². The molecule has 1 fully saturated rings. The van der Waals surface area contributed by atoms with E-state index in [4.69, 9.17) is 20.2 Å². The van der Waals surface area contributed by atoms with Gasteiger partial charge in [0.1, 0.15) is 0 Å². The van der Waals surface area contributed by atoms with Crippen molar-refractivity contribution in [3.05, 3.63) is 48.4 Å². The first-order valence-corrected chi connectivity index (χ1v) is 10.1. The summed E-state index contributed by atoms with van der Waals surface area (Å²) >= 11 is 0. The lowest BCUT2D eigenvalue weighted by Gasteiger charge is -2.17. The van der Waals surface area contributed by atoms with E-state index in [-0.39, 0.29) is 6.04 Å². The number of hydrogen-bond acceptors (Lipinski definition) is 6. The Morgan fingerprint density at radius 2 is 1.86 bits per heavy atom. The van der Waals surface area contributed by atoms with Gasteiger partial charge in [0.25, 0.3) is 5.89 Å². The van der Waals surface area contributed by atoms with Crippen molar-refractivity contribution in [3.8, 4) is 22.7 Å². The Balaban J connectivity index is 1.70. The van der Waals surface area contributed by atoms with Gasteiger partial charge in [-0.25, -0.2) is 9.67 Å². The van der Waals surface area contributed by atoms with Gasteiger partial charge in [0.15, 0.2) is 11.5 Å². The minimum Gasteiger partial charge on any atom is -0.334 e. The van der Waals surface area contributed by atoms with Crippen LogP contribution in [0, 0.1) is 0 Å². The molecular weight excluding hydrogens is 364 g/mol. The first kappa shape index (κ1) is 18.0. The highest BCUT2D eigenvalue weighted by Crippen LogP contribution is 2.37. The van der Waals surface area contributed by atoms with Crippen LogP contribution in [0.3, 0.4) is 0 Å². The number of benzene rings is 1. The van der Waals surface area contributed by atoms with Gasteiger partial charge in [0.2, 0.25) is 0 Å². The van der Waals surface area contributed by atoms with Crippen LogP contribution in [0.2, 0.25) is 0 Å². The Morgan fingerprint density at radius 3 is 2.59 bits per heavy atom. The zero-order valence-electron chi connectivity index (χ0n) is 16.7. The first-order valence-electron chi connectivity index (χ1n) is 10.1. The highest BCUT2D eigenvalue weighted by atomic mass is 16.5. The fraction of sp³-hybridized carbons (Fsp3) is 0.364. The molecule has 0 spiro atoms. The summed E-state index contributed by atoms with van der Waals surface area (Å²) < 4.78 is 7.61. The third-order valence-corrected chi connectivity index (χ3v) is 5.72. The van der Waals surface area contributed by atoms with Crippen LogP contribution in [0.1, 0.15) is 51.4 Å². The molecule has 29 heavy (non-hydrogen) atoms. The number of hydrogen-bond donors (Lipinski definition) is 1. The van der Waals surface area contributed by atoms with Gasteiger partial charge >= 0.3 is 0 Å². The highest BCUT2D eigenvalue weighted by molar-refractivity contribution is 5.92. The maximum atomic E-state index is 6.54. The molecule has 7 heteroatoms. The molecule has 0 unspecified atom stereocenters. The second-order valence-electron chi connectivity index (χ2n) is 8.13. The quantitative estimate of drug-likeness (QED) is 0.555. The van der Waals surface area contributed by atoms with Crippen molar-refractivity contribution in [3.63, 3.8) is 0 Å². The average molecular weight is 388 g/mol. The first-order chi connectivity index (χ1) is 14.0. The van der Waals surface area contributed by atoms with E-state index in [1.165, 1.54) is 0 Å². The lowest BCUT2D eigenvalue weighted by Crippen LogP contribution is -2.34. The molecule has 3 heterocycles. The minimum absolute atomic E-state index is 0.183. The van der Waals surface area contributed by atoms with Crippen LogP contribution in [0.4, 0.5) is 0 Å². The van der Waals surface area contributed by atoms with Gasteiger partial charge < -0.3 is 10.3 Å². The monoisotopic (exact) mass is 388 g/mol. The molecular formula is C22H24N6O. The topological polar surface area (TPSA) is 95.7 Å². The minimum atomic E-state index is -0.488. The van der Waals surface area contributed by atoms with Crippen molar-refractivity contribution < 1.29 is 4.52 Å². The summed E-state index contributed by atoms with van der Waals surface area (Å²) in [4.78, 5) is 9.60. The molecule has 5 rings (SSSR count). The number of nitrogens with two attached hydrogens (primary N) is 1. The molecule has 0 radical (unpaired) electrons. The van der Waals surface area contributed by atoms with E-state index in [2.05, 4.69) is 24.1 Å². The molecule has 4 aromatic rings. The average Bonchev–Trinajstić information content (AvgIpc) is 3.47. The summed E-state index contributed by atoms with van der Waals surface area (Å²) in [5, 5.41) is 9.69. The molecule has 3 aromatic heterocycles.